The molecule has 0 spiro atoms. The fourth-order valence-electron chi connectivity index (χ4n) is 1.24. The highest BCUT2D eigenvalue weighted by molar-refractivity contribution is 7.80. The third kappa shape index (κ3) is 3.28. The van der Waals surface area contributed by atoms with E-state index in [1.54, 1.807) is 7.11 Å². The number of rotatable bonds is 4. The SMILES string of the molecule is CCc1cc(OC)ccc1NNC(N)=S. The smallest absolute Gasteiger partial charge is 0.182 e. The number of hydrazine groups is 1. The van der Waals surface area contributed by atoms with Crippen molar-refractivity contribution in [2.45, 2.75) is 13.3 Å². The summed E-state index contributed by atoms with van der Waals surface area (Å²) in [4.78, 5) is 0. The second kappa shape index (κ2) is 5.41. The molecule has 0 aromatic heterocycles. The van der Waals surface area contributed by atoms with Gasteiger partial charge < -0.3 is 10.5 Å². The lowest BCUT2D eigenvalue weighted by Gasteiger charge is -2.12. The van der Waals surface area contributed by atoms with Crippen molar-refractivity contribution in [1.82, 2.24) is 5.43 Å². The zero-order chi connectivity index (χ0) is 11.3. The van der Waals surface area contributed by atoms with Crippen LogP contribution in [0.2, 0.25) is 0 Å². The minimum absolute atomic E-state index is 0.216. The number of hydrogen-bond acceptors (Lipinski definition) is 3. The maximum atomic E-state index is 5.32. The first-order valence-corrected chi connectivity index (χ1v) is 5.06. The standard InChI is InChI=1S/C10H15N3OS/c1-3-7-6-8(14-2)4-5-9(7)12-13-10(11)15/h4-6,12H,3H2,1-2H3,(H3,11,13,15). The maximum absolute atomic E-state index is 5.32. The summed E-state index contributed by atoms with van der Waals surface area (Å²) in [5, 5.41) is 0.216. The van der Waals surface area contributed by atoms with Crippen LogP contribution in [0.15, 0.2) is 18.2 Å². The number of hydrogen-bond donors (Lipinski definition) is 3. The topological polar surface area (TPSA) is 59.3 Å². The van der Waals surface area contributed by atoms with Gasteiger partial charge in [-0.05, 0) is 42.4 Å². The summed E-state index contributed by atoms with van der Waals surface area (Å²) in [6, 6.07) is 5.77. The van der Waals surface area contributed by atoms with Gasteiger partial charge in [0, 0.05) is 0 Å². The monoisotopic (exact) mass is 225 g/mol. The van der Waals surface area contributed by atoms with E-state index in [0.717, 1.165) is 23.4 Å². The summed E-state index contributed by atoms with van der Waals surface area (Å²) in [6.45, 7) is 2.07. The van der Waals surface area contributed by atoms with E-state index in [1.807, 2.05) is 18.2 Å². The quantitative estimate of drug-likeness (QED) is 0.534. The summed E-state index contributed by atoms with van der Waals surface area (Å²) < 4.78 is 5.14. The average molecular weight is 225 g/mol. The third-order valence-electron chi connectivity index (χ3n) is 2.01. The number of aryl methyl sites for hydroxylation is 1. The molecule has 4 nitrogen and oxygen atoms in total. The Balaban J connectivity index is 2.82. The van der Waals surface area contributed by atoms with Crippen LogP contribution in [0.5, 0.6) is 5.75 Å². The number of anilines is 1. The van der Waals surface area contributed by atoms with Crippen LogP contribution in [0, 0.1) is 0 Å². The second-order valence-electron chi connectivity index (χ2n) is 2.99. The Hall–Kier alpha value is -1.49. The van der Waals surface area contributed by atoms with Crippen LogP contribution >= 0.6 is 12.2 Å². The number of thiocarbonyl (C=S) groups is 1. The van der Waals surface area contributed by atoms with Crippen molar-refractivity contribution >= 4 is 23.0 Å². The molecule has 1 aromatic rings. The lowest BCUT2D eigenvalue weighted by atomic mass is 10.1. The molecule has 0 bridgehead atoms. The van der Waals surface area contributed by atoms with E-state index in [0.29, 0.717) is 0 Å². The van der Waals surface area contributed by atoms with Gasteiger partial charge in [0.05, 0.1) is 12.8 Å². The van der Waals surface area contributed by atoms with E-state index in [4.69, 9.17) is 22.7 Å². The van der Waals surface area contributed by atoms with E-state index in [9.17, 15) is 0 Å². The summed E-state index contributed by atoms with van der Waals surface area (Å²) in [6.07, 6.45) is 0.901. The summed E-state index contributed by atoms with van der Waals surface area (Å²) >= 11 is 4.70. The molecule has 0 aliphatic rings. The molecule has 0 saturated heterocycles. The fraction of sp³-hybridized carbons (Fsp3) is 0.300. The molecule has 0 saturated carbocycles. The Morgan fingerprint density at radius 1 is 1.53 bits per heavy atom. The van der Waals surface area contributed by atoms with Gasteiger partial charge in [-0.3, -0.25) is 10.9 Å². The van der Waals surface area contributed by atoms with Crippen molar-refractivity contribution in [2.24, 2.45) is 5.73 Å². The van der Waals surface area contributed by atoms with Crippen LogP contribution in [-0.2, 0) is 6.42 Å². The van der Waals surface area contributed by atoms with Gasteiger partial charge >= 0.3 is 0 Å². The molecule has 1 rings (SSSR count). The van der Waals surface area contributed by atoms with Crippen molar-refractivity contribution in [1.29, 1.82) is 0 Å². The largest absolute Gasteiger partial charge is 0.497 e. The van der Waals surface area contributed by atoms with Crippen molar-refractivity contribution in [3.8, 4) is 5.75 Å². The Morgan fingerprint density at radius 2 is 2.27 bits per heavy atom. The first-order chi connectivity index (χ1) is 7.17. The molecule has 0 atom stereocenters. The van der Waals surface area contributed by atoms with E-state index < -0.39 is 0 Å². The molecular weight excluding hydrogens is 210 g/mol. The second-order valence-corrected chi connectivity index (χ2v) is 3.43. The lowest BCUT2D eigenvalue weighted by Crippen LogP contribution is -2.34. The van der Waals surface area contributed by atoms with Gasteiger partial charge in [0.25, 0.3) is 0 Å². The minimum Gasteiger partial charge on any atom is -0.497 e. The molecule has 1 aromatic carbocycles. The van der Waals surface area contributed by atoms with E-state index in [2.05, 4.69) is 17.8 Å². The van der Waals surface area contributed by atoms with Gasteiger partial charge in [0.1, 0.15) is 5.75 Å². The molecular formula is C10H15N3OS. The highest BCUT2D eigenvalue weighted by atomic mass is 32.1. The fourth-order valence-corrected chi connectivity index (χ4v) is 1.29. The molecule has 0 aliphatic heterocycles. The normalized spacial score (nSPS) is 9.47. The van der Waals surface area contributed by atoms with E-state index in [1.165, 1.54) is 0 Å². The molecule has 5 heteroatoms. The third-order valence-corrected chi connectivity index (χ3v) is 2.12. The first-order valence-electron chi connectivity index (χ1n) is 4.65. The first kappa shape index (κ1) is 11.6. The van der Waals surface area contributed by atoms with Gasteiger partial charge in [-0.25, -0.2) is 0 Å². The number of ether oxygens (including phenoxy) is 1. The highest BCUT2D eigenvalue weighted by Gasteiger charge is 2.02. The molecule has 82 valence electrons. The summed E-state index contributed by atoms with van der Waals surface area (Å²) in [7, 11) is 1.65. The molecule has 0 aliphatic carbocycles. The van der Waals surface area contributed by atoms with Crippen molar-refractivity contribution < 1.29 is 4.74 Å². The molecule has 4 N–H and O–H groups in total. The lowest BCUT2D eigenvalue weighted by molar-refractivity contribution is 0.414. The minimum atomic E-state index is 0.216. The average Bonchev–Trinajstić information content (AvgIpc) is 2.25. The predicted molar refractivity (Wildman–Crippen MR) is 65.9 cm³/mol. The van der Waals surface area contributed by atoms with Gasteiger partial charge in [0.15, 0.2) is 5.11 Å². The number of benzene rings is 1. The van der Waals surface area contributed by atoms with Crippen molar-refractivity contribution in [3.05, 3.63) is 23.8 Å². The van der Waals surface area contributed by atoms with E-state index >= 15 is 0 Å². The zero-order valence-corrected chi connectivity index (χ0v) is 9.65. The van der Waals surface area contributed by atoms with Crippen LogP contribution in [0.1, 0.15) is 12.5 Å². The maximum Gasteiger partial charge on any atom is 0.182 e. The van der Waals surface area contributed by atoms with Crippen molar-refractivity contribution in [3.63, 3.8) is 0 Å². The molecule has 15 heavy (non-hydrogen) atoms. The molecule has 0 unspecified atom stereocenters. The van der Waals surface area contributed by atoms with Gasteiger partial charge in [0.2, 0.25) is 0 Å². The molecule has 0 amide bonds. The number of nitrogens with two attached hydrogens (primary N) is 1. The highest BCUT2D eigenvalue weighted by Crippen LogP contribution is 2.21. The number of methoxy groups -OCH3 is 1. The van der Waals surface area contributed by atoms with Crippen molar-refractivity contribution in [2.75, 3.05) is 12.5 Å². The zero-order valence-electron chi connectivity index (χ0n) is 8.83. The summed E-state index contributed by atoms with van der Waals surface area (Å²) in [5.74, 6) is 0.840. The Morgan fingerprint density at radius 3 is 2.80 bits per heavy atom. The van der Waals surface area contributed by atoms with Gasteiger partial charge in [-0.2, -0.15) is 0 Å². The molecule has 0 fully saturated rings. The summed E-state index contributed by atoms with van der Waals surface area (Å²) in [5.41, 5.74) is 13.0. The van der Waals surface area contributed by atoms with Crippen LogP contribution < -0.4 is 21.3 Å². The van der Waals surface area contributed by atoms with Gasteiger partial charge in [-0.1, -0.05) is 6.92 Å². The molecule has 0 radical (unpaired) electrons. The van der Waals surface area contributed by atoms with Crippen LogP contribution in [-0.4, -0.2) is 12.2 Å². The van der Waals surface area contributed by atoms with Gasteiger partial charge in [-0.15, -0.1) is 0 Å². The Kier molecular flexibility index (Phi) is 4.17. The van der Waals surface area contributed by atoms with Crippen LogP contribution in [0.3, 0.4) is 0 Å². The van der Waals surface area contributed by atoms with E-state index in [-0.39, 0.29) is 5.11 Å². The van der Waals surface area contributed by atoms with Crippen LogP contribution in [0.4, 0.5) is 5.69 Å². The Labute approximate surface area is 94.8 Å². The number of nitrogens with one attached hydrogen (secondary N) is 2. The molecule has 0 heterocycles. The van der Waals surface area contributed by atoms with Crippen LogP contribution in [0.25, 0.3) is 0 Å². The predicted octanol–water partition coefficient (Wildman–Crippen LogP) is 1.42. The Bertz CT molecular complexity index is 355.